The number of rotatable bonds is 6. The van der Waals surface area contributed by atoms with Crippen molar-refractivity contribution in [2.45, 2.75) is 44.4 Å². The van der Waals surface area contributed by atoms with Gasteiger partial charge in [0.25, 0.3) is 0 Å². The van der Waals surface area contributed by atoms with Crippen molar-refractivity contribution in [2.75, 3.05) is 10.6 Å². The van der Waals surface area contributed by atoms with Gasteiger partial charge < -0.3 is 10.6 Å². The van der Waals surface area contributed by atoms with Crippen molar-refractivity contribution in [3.63, 3.8) is 0 Å². The lowest BCUT2D eigenvalue weighted by molar-refractivity contribution is -0.124. The second-order valence-electron chi connectivity index (χ2n) is 6.63. The van der Waals surface area contributed by atoms with Gasteiger partial charge in [-0.3, -0.25) is 9.59 Å². The van der Waals surface area contributed by atoms with Gasteiger partial charge in [-0.15, -0.1) is 0 Å². The molecule has 2 aromatic rings. The van der Waals surface area contributed by atoms with Crippen LogP contribution < -0.4 is 10.6 Å². The van der Waals surface area contributed by atoms with Gasteiger partial charge in [-0.1, -0.05) is 19.4 Å². The van der Waals surface area contributed by atoms with Crippen LogP contribution in [0.3, 0.4) is 0 Å². The maximum absolute atomic E-state index is 13.0. The quantitative estimate of drug-likeness (QED) is 0.822. The molecule has 1 fully saturated rings. The zero-order chi connectivity index (χ0) is 18.6. The molecule has 26 heavy (non-hydrogen) atoms. The Labute approximate surface area is 152 Å². The highest BCUT2D eigenvalue weighted by atomic mass is 19.1. The van der Waals surface area contributed by atoms with Crippen molar-refractivity contribution in [1.29, 1.82) is 0 Å². The van der Waals surface area contributed by atoms with Crippen LogP contribution in [0.25, 0.3) is 0 Å². The fraction of sp³-hybridized carbons (Fsp3) is 0.350. The van der Waals surface area contributed by atoms with Crippen LogP contribution in [0.4, 0.5) is 15.9 Å². The van der Waals surface area contributed by atoms with E-state index in [0.717, 1.165) is 31.2 Å². The molecule has 3 rings (SSSR count). The number of benzene rings is 1. The first-order valence-corrected chi connectivity index (χ1v) is 8.87. The third-order valence-electron chi connectivity index (χ3n) is 4.80. The lowest BCUT2D eigenvalue weighted by Crippen LogP contribution is -2.46. The van der Waals surface area contributed by atoms with E-state index in [1.807, 2.05) is 13.0 Å². The second kappa shape index (κ2) is 7.64. The normalized spacial score (nSPS) is 15.0. The Balaban J connectivity index is 1.73. The number of anilines is 2. The molecule has 2 N–H and O–H groups in total. The molecular weight excluding hydrogens is 333 g/mol. The fourth-order valence-electron chi connectivity index (χ4n) is 3.14. The predicted molar refractivity (Wildman–Crippen MR) is 98.3 cm³/mol. The Morgan fingerprint density at radius 2 is 1.85 bits per heavy atom. The van der Waals surface area contributed by atoms with Crippen LogP contribution in [-0.2, 0) is 15.0 Å². The molecule has 1 aromatic heterocycles. The molecule has 1 heterocycles. The third kappa shape index (κ3) is 3.74. The van der Waals surface area contributed by atoms with Gasteiger partial charge in [0, 0.05) is 18.3 Å². The van der Waals surface area contributed by atoms with Gasteiger partial charge in [0.15, 0.2) is 0 Å². The summed E-state index contributed by atoms with van der Waals surface area (Å²) in [6.07, 6.45) is 5.33. The molecule has 2 amide bonds. The molecule has 6 heteroatoms. The number of nitrogens with zero attached hydrogens (tertiary/aromatic N) is 1. The number of amides is 2. The van der Waals surface area contributed by atoms with Gasteiger partial charge in [-0.25, -0.2) is 9.37 Å². The molecule has 1 saturated carbocycles. The number of halogens is 1. The van der Waals surface area contributed by atoms with Crippen LogP contribution in [0, 0.1) is 5.82 Å². The third-order valence-corrected chi connectivity index (χ3v) is 4.80. The van der Waals surface area contributed by atoms with Crippen molar-refractivity contribution in [3.05, 3.63) is 54.0 Å². The van der Waals surface area contributed by atoms with E-state index in [1.54, 1.807) is 24.4 Å². The summed E-state index contributed by atoms with van der Waals surface area (Å²) in [6, 6.07) is 9.30. The zero-order valence-electron chi connectivity index (χ0n) is 14.7. The van der Waals surface area contributed by atoms with Crippen molar-refractivity contribution < 1.29 is 14.0 Å². The zero-order valence-corrected chi connectivity index (χ0v) is 14.7. The van der Waals surface area contributed by atoms with Crippen LogP contribution in [0.2, 0.25) is 0 Å². The van der Waals surface area contributed by atoms with Gasteiger partial charge in [-0.2, -0.15) is 0 Å². The molecule has 5 nitrogen and oxygen atoms in total. The van der Waals surface area contributed by atoms with E-state index in [0.29, 0.717) is 17.9 Å². The summed E-state index contributed by atoms with van der Waals surface area (Å²) < 4.78 is 13.0. The Morgan fingerprint density at radius 3 is 2.38 bits per heavy atom. The molecule has 1 aliphatic rings. The number of hydrogen-bond acceptors (Lipinski definition) is 3. The van der Waals surface area contributed by atoms with Crippen molar-refractivity contribution in [3.8, 4) is 0 Å². The average Bonchev–Trinajstić information content (AvgIpc) is 2.58. The van der Waals surface area contributed by atoms with E-state index < -0.39 is 5.41 Å². The van der Waals surface area contributed by atoms with E-state index in [4.69, 9.17) is 0 Å². The Morgan fingerprint density at radius 1 is 1.12 bits per heavy atom. The number of pyridine rings is 1. The number of carbonyl (C=O) groups excluding carboxylic acids is 2. The highest BCUT2D eigenvalue weighted by molar-refractivity contribution is 6.00. The van der Waals surface area contributed by atoms with Crippen LogP contribution in [-0.4, -0.2) is 16.8 Å². The molecule has 1 aliphatic carbocycles. The molecule has 0 radical (unpaired) electrons. The summed E-state index contributed by atoms with van der Waals surface area (Å²) in [7, 11) is 0. The lowest BCUT2D eigenvalue weighted by Gasteiger charge is -2.40. The lowest BCUT2D eigenvalue weighted by atomic mass is 9.64. The van der Waals surface area contributed by atoms with Crippen molar-refractivity contribution in [1.82, 2.24) is 4.98 Å². The topological polar surface area (TPSA) is 71.1 Å². The summed E-state index contributed by atoms with van der Waals surface area (Å²) in [6.45, 7) is 1.94. The van der Waals surface area contributed by atoms with Crippen molar-refractivity contribution >= 4 is 23.3 Å². The molecule has 136 valence electrons. The second-order valence-corrected chi connectivity index (χ2v) is 6.63. The first-order chi connectivity index (χ1) is 12.5. The monoisotopic (exact) mass is 355 g/mol. The molecule has 1 aromatic carbocycles. The first kappa shape index (κ1) is 18.0. The summed E-state index contributed by atoms with van der Waals surface area (Å²) in [5, 5.41) is 5.62. The van der Waals surface area contributed by atoms with E-state index >= 15 is 0 Å². The molecular formula is C20H22FN3O2. The largest absolute Gasteiger partial charge is 0.325 e. The first-order valence-electron chi connectivity index (χ1n) is 8.87. The number of hydrogen-bond donors (Lipinski definition) is 2. The fourth-order valence-corrected chi connectivity index (χ4v) is 3.14. The molecule has 0 unspecified atom stereocenters. The Bertz CT molecular complexity index is 784. The number of carbonyl (C=O) groups is 2. The van der Waals surface area contributed by atoms with Crippen LogP contribution in [0.1, 0.15) is 44.6 Å². The molecule has 0 saturated heterocycles. The van der Waals surface area contributed by atoms with Gasteiger partial charge in [0.2, 0.25) is 11.8 Å². The molecule has 0 bridgehead atoms. The number of nitrogens with one attached hydrogen (secondary N) is 2. The standard InChI is InChI=1S/C20H22FN3O2/c1-2-4-18(25)24-17-10-5-14(13-22-17)20(11-3-12-20)19(26)23-16-8-6-15(21)7-9-16/h5-10,13H,2-4,11-12H2,1H3,(H,23,26)(H,22,24,25). The van der Waals surface area contributed by atoms with E-state index in [1.165, 1.54) is 12.1 Å². The van der Waals surface area contributed by atoms with Gasteiger partial charge in [-0.05, 0) is 55.2 Å². The van der Waals surface area contributed by atoms with Gasteiger partial charge in [0.1, 0.15) is 11.6 Å². The van der Waals surface area contributed by atoms with E-state index in [-0.39, 0.29) is 17.6 Å². The van der Waals surface area contributed by atoms with Crippen LogP contribution in [0.15, 0.2) is 42.6 Å². The van der Waals surface area contributed by atoms with Crippen LogP contribution in [0.5, 0.6) is 0 Å². The van der Waals surface area contributed by atoms with E-state index in [9.17, 15) is 14.0 Å². The minimum absolute atomic E-state index is 0.0693. The minimum atomic E-state index is -0.618. The SMILES string of the molecule is CCCC(=O)Nc1ccc(C2(C(=O)Nc3ccc(F)cc3)CCC2)cn1. The molecule has 0 aliphatic heterocycles. The predicted octanol–water partition coefficient (Wildman–Crippen LogP) is 4.02. The average molecular weight is 355 g/mol. The van der Waals surface area contributed by atoms with Gasteiger partial charge >= 0.3 is 0 Å². The Hall–Kier alpha value is -2.76. The molecule has 0 atom stereocenters. The number of aromatic nitrogens is 1. The minimum Gasteiger partial charge on any atom is -0.325 e. The highest BCUT2D eigenvalue weighted by Gasteiger charge is 2.45. The van der Waals surface area contributed by atoms with E-state index in [2.05, 4.69) is 15.6 Å². The summed E-state index contributed by atoms with van der Waals surface area (Å²) in [4.78, 5) is 28.8. The summed E-state index contributed by atoms with van der Waals surface area (Å²) in [5.41, 5.74) is 0.781. The smallest absolute Gasteiger partial charge is 0.235 e. The van der Waals surface area contributed by atoms with Crippen molar-refractivity contribution in [2.24, 2.45) is 0 Å². The molecule has 0 spiro atoms. The summed E-state index contributed by atoms with van der Waals surface area (Å²) >= 11 is 0. The maximum atomic E-state index is 13.0. The Kier molecular flexibility index (Phi) is 5.30. The van der Waals surface area contributed by atoms with Gasteiger partial charge in [0.05, 0.1) is 5.41 Å². The van der Waals surface area contributed by atoms with Crippen LogP contribution >= 0.6 is 0 Å². The maximum Gasteiger partial charge on any atom is 0.235 e. The summed E-state index contributed by atoms with van der Waals surface area (Å²) in [5.74, 6) is -0.0352. The highest BCUT2D eigenvalue weighted by Crippen LogP contribution is 2.44.